The summed E-state index contributed by atoms with van der Waals surface area (Å²) >= 11 is 0. The van der Waals surface area contributed by atoms with Crippen LogP contribution in [0.15, 0.2) is 48.7 Å². The molecule has 122 valence electrons. The first-order valence-electron chi connectivity index (χ1n) is 7.60. The van der Waals surface area contributed by atoms with Gasteiger partial charge in [-0.25, -0.2) is 8.78 Å². The Balaban J connectivity index is 1.63. The summed E-state index contributed by atoms with van der Waals surface area (Å²) in [7, 11) is 0. The Morgan fingerprint density at radius 3 is 2.71 bits per heavy atom. The molecule has 0 radical (unpaired) electrons. The molecule has 2 unspecified atom stereocenters. The molecule has 0 aliphatic carbocycles. The van der Waals surface area contributed by atoms with Crippen LogP contribution in [0.4, 0.5) is 14.5 Å². The first-order chi connectivity index (χ1) is 11.6. The second-order valence-electron chi connectivity index (χ2n) is 5.73. The molecule has 2 atom stereocenters. The van der Waals surface area contributed by atoms with Crippen LogP contribution in [0.25, 0.3) is 10.9 Å². The number of halogens is 2. The Labute approximate surface area is 137 Å². The van der Waals surface area contributed by atoms with Gasteiger partial charge in [0.05, 0.1) is 5.52 Å². The van der Waals surface area contributed by atoms with Crippen LogP contribution in [-0.4, -0.2) is 11.2 Å². The van der Waals surface area contributed by atoms with E-state index in [0.717, 1.165) is 28.2 Å². The van der Waals surface area contributed by atoms with Crippen molar-refractivity contribution in [2.24, 2.45) is 5.73 Å². The third kappa shape index (κ3) is 2.70. The molecular weight excluding hydrogens is 312 g/mol. The van der Waals surface area contributed by atoms with Crippen molar-refractivity contribution in [2.75, 3.05) is 5.32 Å². The molecule has 6 heteroatoms. The maximum atomic E-state index is 13.3. The lowest BCUT2D eigenvalue weighted by Gasteiger charge is -2.12. The van der Waals surface area contributed by atoms with E-state index in [1.54, 1.807) is 12.3 Å². The number of nitrogens with one attached hydrogen (secondary N) is 1. The van der Waals surface area contributed by atoms with E-state index in [9.17, 15) is 8.78 Å². The van der Waals surface area contributed by atoms with Crippen LogP contribution in [0, 0.1) is 11.6 Å². The lowest BCUT2D eigenvalue weighted by atomic mass is 10.0. The van der Waals surface area contributed by atoms with E-state index in [1.807, 2.05) is 24.3 Å². The van der Waals surface area contributed by atoms with E-state index in [4.69, 9.17) is 10.5 Å². The fraction of sp³-hybridized carbons (Fsp3) is 0.167. The zero-order chi connectivity index (χ0) is 16.7. The van der Waals surface area contributed by atoms with Crippen molar-refractivity contribution < 1.29 is 13.5 Å². The highest BCUT2D eigenvalue weighted by Crippen LogP contribution is 2.39. The Morgan fingerprint density at radius 2 is 1.96 bits per heavy atom. The van der Waals surface area contributed by atoms with E-state index in [2.05, 4.69) is 10.3 Å². The molecule has 0 amide bonds. The van der Waals surface area contributed by atoms with E-state index in [-0.39, 0.29) is 12.3 Å². The fourth-order valence-electron chi connectivity index (χ4n) is 2.80. The zero-order valence-corrected chi connectivity index (χ0v) is 12.7. The second kappa shape index (κ2) is 5.81. The van der Waals surface area contributed by atoms with Crippen molar-refractivity contribution in [2.45, 2.75) is 18.9 Å². The summed E-state index contributed by atoms with van der Waals surface area (Å²) < 4.78 is 31.7. The number of aromatic nitrogens is 1. The van der Waals surface area contributed by atoms with Gasteiger partial charge in [-0.05, 0) is 35.9 Å². The third-order valence-corrected chi connectivity index (χ3v) is 4.10. The number of hydrogen-bond donors (Lipinski definition) is 2. The molecule has 0 bridgehead atoms. The number of rotatable bonds is 4. The van der Waals surface area contributed by atoms with Gasteiger partial charge in [0, 0.05) is 29.4 Å². The number of hydrogen-bond acceptors (Lipinski definition) is 4. The van der Waals surface area contributed by atoms with Crippen LogP contribution in [0.5, 0.6) is 0 Å². The SMILES string of the molecule is NC1OC1c1ccc(NCc2ccc(F)c(F)c2)c2cccnc12. The Kier molecular flexibility index (Phi) is 3.63. The molecule has 1 aromatic heterocycles. The van der Waals surface area contributed by atoms with Crippen LogP contribution >= 0.6 is 0 Å². The van der Waals surface area contributed by atoms with Gasteiger partial charge in [0.1, 0.15) is 12.3 Å². The summed E-state index contributed by atoms with van der Waals surface area (Å²) in [5.74, 6) is -1.70. The van der Waals surface area contributed by atoms with Gasteiger partial charge in [-0.3, -0.25) is 4.98 Å². The van der Waals surface area contributed by atoms with E-state index in [1.165, 1.54) is 6.07 Å². The first kappa shape index (κ1) is 15.0. The average Bonchev–Trinajstić information content (AvgIpc) is 3.32. The van der Waals surface area contributed by atoms with Gasteiger partial charge in [-0.2, -0.15) is 0 Å². The van der Waals surface area contributed by atoms with Crippen molar-refractivity contribution in [3.05, 3.63) is 71.4 Å². The quantitative estimate of drug-likeness (QED) is 0.720. The highest BCUT2D eigenvalue weighted by molar-refractivity contribution is 5.93. The monoisotopic (exact) mass is 327 g/mol. The van der Waals surface area contributed by atoms with Gasteiger partial charge in [-0.1, -0.05) is 12.1 Å². The maximum absolute atomic E-state index is 13.3. The molecule has 0 saturated carbocycles. The average molecular weight is 327 g/mol. The van der Waals surface area contributed by atoms with E-state index < -0.39 is 11.6 Å². The lowest BCUT2D eigenvalue weighted by molar-refractivity contribution is 0.378. The topological polar surface area (TPSA) is 63.5 Å². The number of benzene rings is 2. The molecule has 4 nitrogen and oxygen atoms in total. The smallest absolute Gasteiger partial charge is 0.159 e. The molecule has 3 N–H and O–H groups in total. The van der Waals surface area contributed by atoms with Gasteiger partial charge in [0.2, 0.25) is 0 Å². The molecule has 4 rings (SSSR count). The molecule has 3 aromatic rings. The third-order valence-electron chi connectivity index (χ3n) is 4.10. The maximum Gasteiger partial charge on any atom is 0.159 e. The van der Waals surface area contributed by atoms with Crippen molar-refractivity contribution >= 4 is 16.6 Å². The Bertz CT molecular complexity index is 916. The first-order valence-corrected chi connectivity index (χ1v) is 7.60. The molecule has 2 heterocycles. The fourth-order valence-corrected chi connectivity index (χ4v) is 2.80. The summed E-state index contributed by atoms with van der Waals surface area (Å²) in [6.07, 6.45) is 1.32. The highest BCUT2D eigenvalue weighted by Gasteiger charge is 2.38. The largest absolute Gasteiger partial charge is 0.380 e. The predicted molar refractivity (Wildman–Crippen MR) is 87.2 cm³/mol. The zero-order valence-electron chi connectivity index (χ0n) is 12.7. The number of fused-ring (bicyclic) bond motifs is 1. The lowest BCUT2D eigenvalue weighted by Crippen LogP contribution is -2.04. The van der Waals surface area contributed by atoms with Gasteiger partial charge >= 0.3 is 0 Å². The molecule has 2 aromatic carbocycles. The number of epoxide rings is 1. The van der Waals surface area contributed by atoms with Crippen LogP contribution in [0.3, 0.4) is 0 Å². The Hall–Kier alpha value is -2.57. The van der Waals surface area contributed by atoms with Crippen LogP contribution in [0.1, 0.15) is 17.2 Å². The molecule has 1 saturated heterocycles. The minimum atomic E-state index is -0.851. The van der Waals surface area contributed by atoms with Gasteiger partial charge in [-0.15, -0.1) is 0 Å². The van der Waals surface area contributed by atoms with Crippen LogP contribution < -0.4 is 11.1 Å². The second-order valence-corrected chi connectivity index (χ2v) is 5.73. The number of pyridine rings is 1. The number of nitrogens with two attached hydrogens (primary N) is 1. The molecule has 24 heavy (non-hydrogen) atoms. The van der Waals surface area contributed by atoms with Crippen molar-refractivity contribution in [1.29, 1.82) is 0 Å². The van der Waals surface area contributed by atoms with Crippen molar-refractivity contribution in [3.63, 3.8) is 0 Å². The molecule has 0 spiro atoms. The van der Waals surface area contributed by atoms with E-state index >= 15 is 0 Å². The minimum Gasteiger partial charge on any atom is -0.380 e. The summed E-state index contributed by atoms with van der Waals surface area (Å²) in [5.41, 5.74) is 9.05. The van der Waals surface area contributed by atoms with Gasteiger partial charge in [0.25, 0.3) is 0 Å². The molecule has 1 aliphatic rings. The number of anilines is 1. The molecule has 1 aliphatic heterocycles. The van der Waals surface area contributed by atoms with E-state index in [0.29, 0.717) is 12.1 Å². The Morgan fingerprint density at radius 1 is 1.12 bits per heavy atom. The minimum absolute atomic E-state index is 0.123. The summed E-state index contributed by atoms with van der Waals surface area (Å²) in [4.78, 5) is 4.43. The van der Waals surface area contributed by atoms with Gasteiger partial charge in [0.15, 0.2) is 11.6 Å². The normalized spacial score (nSPS) is 19.5. The van der Waals surface area contributed by atoms with Gasteiger partial charge < -0.3 is 15.8 Å². The summed E-state index contributed by atoms with van der Waals surface area (Å²) in [6, 6.07) is 11.5. The predicted octanol–water partition coefficient (Wildman–Crippen LogP) is 3.48. The van der Waals surface area contributed by atoms with Crippen molar-refractivity contribution in [1.82, 2.24) is 4.98 Å². The van der Waals surface area contributed by atoms with Crippen LogP contribution in [-0.2, 0) is 11.3 Å². The number of ether oxygens (including phenoxy) is 1. The summed E-state index contributed by atoms with van der Waals surface area (Å²) in [6.45, 7) is 0.375. The van der Waals surface area contributed by atoms with Crippen LogP contribution in [0.2, 0.25) is 0 Å². The highest BCUT2D eigenvalue weighted by atomic mass is 19.2. The molecular formula is C18H15F2N3O. The summed E-state index contributed by atoms with van der Waals surface area (Å²) in [5, 5.41) is 4.18. The molecule has 1 fully saturated rings. The standard InChI is InChI=1S/C18H15F2N3O/c19-13-5-3-10(8-14(13)20)9-23-15-6-4-12(17-18(21)24-17)16-11(15)2-1-7-22-16/h1-8,17-18,23H,9,21H2. The van der Waals surface area contributed by atoms with Crippen molar-refractivity contribution in [3.8, 4) is 0 Å². The number of nitrogens with zero attached hydrogens (tertiary/aromatic N) is 1.